The molecule has 0 saturated heterocycles. The molecule has 0 bridgehead atoms. The lowest BCUT2D eigenvalue weighted by Crippen LogP contribution is -2.68. The standard InChI is InChI=1S/C48H70N4O7/c1-26(2)36-31(53)25-48(51-40(57)44(8,9)52-41(58)50-35-15-13-14-27(3)49-35)23-22-46(11)28(37(36)48)16-17-33-45(10)20-19-34(43(6,7)32(45)18-21-47(33,46)12)59-39(56)30-24-29(38(54)55)42(30,4)5/h13-15,26,28-30,32-34H,16-25H2,1-12H3,(H,51,57)(H,54,55)(H2,49,50,52,58)/t28-,29+,30?,32+,33-,34+,45+,46-,47-,48-/m1/s1. The number of aromatic nitrogens is 1. The maximum absolute atomic E-state index is 14.4. The highest BCUT2D eigenvalue weighted by Gasteiger charge is 2.71. The number of carbonyl (C=O) groups is 5. The highest BCUT2D eigenvalue weighted by Crippen LogP contribution is 2.76. The van der Waals surface area contributed by atoms with Gasteiger partial charge in [0.25, 0.3) is 0 Å². The monoisotopic (exact) mass is 815 g/mol. The zero-order valence-electron chi connectivity index (χ0n) is 37.7. The van der Waals surface area contributed by atoms with E-state index >= 15 is 0 Å². The number of ether oxygens (including phenoxy) is 1. The van der Waals surface area contributed by atoms with Crippen molar-refractivity contribution in [1.29, 1.82) is 0 Å². The van der Waals surface area contributed by atoms with Crippen molar-refractivity contribution in [2.45, 2.75) is 164 Å². The third-order valence-electron chi connectivity index (χ3n) is 18.0. The van der Waals surface area contributed by atoms with E-state index in [-0.39, 0.29) is 63.7 Å². The number of carbonyl (C=O) groups excluding carboxylic acids is 4. The maximum atomic E-state index is 14.4. The highest BCUT2D eigenvalue weighted by atomic mass is 16.5. The molecule has 6 aliphatic rings. The number of urea groups is 1. The molecule has 1 aromatic heterocycles. The number of anilines is 1. The minimum atomic E-state index is -1.27. The Balaban J connectivity index is 1.12. The Kier molecular flexibility index (Phi) is 10.4. The lowest BCUT2D eigenvalue weighted by molar-refractivity contribution is -0.235. The number of hydrogen-bond donors (Lipinski definition) is 4. The van der Waals surface area contributed by atoms with E-state index in [2.05, 4.69) is 69.4 Å². The van der Waals surface area contributed by atoms with Crippen molar-refractivity contribution in [2.24, 2.45) is 62.6 Å². The van der Waals surface area contributed by atoms with Crippen molar-refractivity contribution in [3.63, 3.8) is 0 Å². The molecule has 11 nitrogen and oxygen atoms in total. The molecule has 0 aliphatic heterocycles. The van der Waals surface area contributed by atoms with Gasteiger partial charge >= 0.3 is 18.0 Å². The molecule has 10 atom stereocenters. The molecule has 1 aromatic rings. The van der Waals surface area contributed by atoms with Crippen LogP contribution in [-0.4, -0.2) is 56.9 Å². The number of ketones is 1. The van der Waals surface area contributed by atoms with Crippen LogP contribution >= 0.6 is 0 Å². The summed E-state index contributed by atoms with van der Waals surface area (Å²) >= 11 is 0. The largest absolute Gasteiger partial charge is 0.481 e. The first-order chi connectivity index (χ1) is 27.2. The zero-order chi connectivity index (χ0) is 43.5. The van der Waals surface area contributed by atoms with Gasteiger partial charge in [0.05, 0.1) is 17.4 Å². The number of carboxylic acids is 1. The average molecular weight is 815 g/mol. The number of allylic oxidation sites excluding steroid dienone is 1. The minimum Gasteiger partial charge on any atom is -0.481 e. The van der Waals surface area contributed by atoms with Gasteiger partial charge in [0, 0.05) is 17.5 Å². The molecule has 6 aliphatic carbocycles. The fourth-order valence-corrected chi connectivity index (χ4v) is 14.4. The number of aryl methyl sites for hydroxylation is 1. The lowest BCUT2D eigenvalue weighted by Gasteiger charge is -2.72. The summed E-state index contributed by atoms with van der Waals surface area (Å²) in [6.07, 6.45) is 7.62. The van der Waals surface area contributed by atoms with Gasteiger partial charge in [-0.05, 0) is 147 Å². The first kappa shape index (κ1) is 43.3. The molecule has 0 aromatic carbocycles. The predicted octanol–water partition coefficient (Wildman–Crippen LogP) is 8.80. The van der Waals surface area contributed by atoms with Gasteiger partial charge in [-0.1, -0.05) is 68.4 Å². The van der Waals surface area contributed by atoms with E-state index in [9.17, 15) is 29.1 Å². The molecule has 1 heterocycles. The molecule has 4 N–H and O–H groups in total. The Morgan fingerprint density at radius 1 is 0.864 bits per heavy atom. The molecule has 7 rings (SSSR count). The predicted molar refractivity (Wildman–Crippen MR) is 226 cm³/mol. The summed E-state index contributed by atoms with van der Waals surface area (Å²) in [5, 5.41) is 18.7. The van der Waals surface area contributed by atoms with Gasteiger partial charge in [-0.3, -0.25) is 24.5 Å². The fraction of sp³-hybridized carbons (Fsp3) is 0.750. The SMILES string of the molecule is Cc1cccc(NC(=O)NC(C)(C)C(=O)N[C@@]23CC[C@]4(C)[C@H](CC[C@@H]5[C@@]6(C)CC[C@H](OC(=O)C7C[C@@H](C(=O)O)C7(C)C)C(C)(C)[C@@H]6CC[C@]54C)C2=C(C(C)C)C(=O)C3)n1. The van der Waals surface area contributed by atoms with E-state index in [1.165, 1.54) is 0 Å². The Morgan fingerprint density at radius 3 is 2.19 bits per heavy atom. The van der Waals surface area contributed by atoms with E-state index in [1.807, 2.05) is 32.9 Å². The van der Waals surface area contributed by atoms with Gasteiger partial charge in [0.15, 0.2) is 5.78 Å². The van der Waals surface area contributed by atoms with Crippen LogP contribution in [-0.2, 0) is 23.9 Å². The second-order valence-corrected chi connectivity index (χ2v) is 22.4. The number of Topliss-reactive ketones (excluding diaryl/α,β-unsaturated/α-hetero) is 1. The van der Waals surface area contributed by atoms with Crippen LogP contribution in [0.5, 0.6) is 0 Å². The van der Waals surface area contributed by atoms with Crippen LogP contribution in [0.4, 0.5) is 10.6 Å². The highest BCUT2D eigenvalue weighted by molar-refractivity contribution is 6.03. The van der Waals surface area contributed by atoms with Crippen LogP contribution in [0.3, 0.4) is 0 Å². The van der Waals surface area contributed by atoms with E-state index in [0.29, 0.717) is 30.5 Å². The summed E-state index contributed by atoms with van der Waals surface area (Å²) in [7, 11) is 0. The van der Waals surface area contributed by atoms with Gasteiger partial charge in [0.1, 0.15) is 17.5 Å². The van der Waals surface area contributed by atoms with Crippen LogP contribution in [0.1, 0.15) is 146 Å². The second-order valence-electron chi connectivity index (χ2n) is 22.4. The van der Waals surface area contributed by atoms with Crippen molar-refractivity contribution < 1.29 is 33.8 Å². The number of aliphatic carboxylic acids is 1. The third kappa shape index (κ3) is 6.56. The number of nitrogens with one attached hydrogen (secondary N) is 3. The molecular weight excluding hydrogens is 745 g/mol. The molecule has 5 fully saturated rings. The Hall–Kier alpha value is -3.76. The number of fused-ring (bicyclic) bond motifs is 7. The van der Waals surface area contributed by atoms with Crippen molar-refractivity contribution >= 4 is 35.5 Å². The van der Waals surface area contributed by atoms with Crippen LogP contribution in [0.15, 0.2) is 29.3 Å². The summed E-state index contributed by atoms with van der Waals surface area (Å²) in [6, 6.07) is 4.83. The van der Waals surface area contributed by atoms with Crippen molar-refractivity contribution in [3.8, 4) is 0 Å². The van der Waals surface area contributed by atoms with Crippen LogP contribution in [0.2, 0.25) is 0 Å². The minimum absolute atomic E-state index is 0.00969. The summed E-state index contributed by atoms with van der Waals surface area (Å²) < 4.78 is 6.41. The summed E-state index contributed by atoms with van der Waals surface area (Å²) in [6.45, 7) is 25.3. The van der Waals surface area contributed by atoms with Gasteiger partial charge < -0.3 is 20.5 Å². The van der Waals surface area contributed by atoms with E-state index in [1.54, 1.807) is 19.9 Å². The molecule has 3 amide bonds. The Morgan fingerprint density at radius 2 is 1.56 bits per heavy atom. The molecule has 59 heavy (non-hydrogen) atoms. The van der Waals surface area contributed by atoms with Crippen LogP contribution in [0.25, 0.3) is 0 Å². The third-order valence-corrected chi connectivity index (χ3v) is 18.0. The van der Waals surface area contributed by atoms with Gasteiger partial charge in [-0.25, -0.2) is 9.78 Å². The molecular formula is C48H70N4O7. The Labute approximate surface area is 351 Å². The number of nitrogens with zero attached hydrogens (tertiary/aromatic N) is 1. The topological polar surface area (TPSA) is 164 Å². The van der Waals surface area contributed by atoms with Crippen molar-refractivity contribution in [1.82, 2.24) is 15.6 Å². The van der Waals surface area contributed by atoms with Gasteiger partial charge in [-0.15, -0.1) is 0 Å². The van der Waals surface area contributed by atoms with Crippen molar-refractivity contribution in [2.75, 3.05) is 5.32 Å². The zero-order valence-corrected chi connectivity index (χ0v) is 37.7. The average Bonchev–Trinajstić information content (AvgIpc) is 3.40. The summed E-state index contributed by atoms with van der Waals surface area (Å²) in [5.41, 5.74) is -0.308. The molecule has 1 unspecified atom stereocenters. The fourth-order valence-electron chi connectivity index (χ4n) is 14.4. The van der Waals surface area contributed by atoms with E-state index < -0.39 is 40.3 Å². The Bertz CT molecular complexity index is 1990. The van der Waals surface area contributed by atoms with Crippen LogP contribution < -0.4 is 16.0 Å². The first-order valence-corrected chi connectivity index (χ1v) is 22.3. The molecule has 0 spiro atoms. The van der Waals surface area contributed by atoms with Crippen molar-refractivity contribution in [3.05, 3.63) is 35.0 Å². The van der Waals surface area contributed by atoms with Gasteiger partial charge in [-0.2, -0.15) is 0 Å². The van der Waals surface area contributed by atoms with E-state index in [0.717, 1.165) is 61.8 Å². The number of rotatable bonds is 8. The van der Waals surface area contributed by atoms with Crippen LogP contribution in [0, 0.1) is 69.5 Å². The molecule has 324 valence electrons. The maximum Gasteiger partial charge on any atom is 0.321 e. The second kappa shape index (κ2) is 14.1. The quantitative estimate of drug-likeness (QED) is 0.189. The smallest absolute Gasteiger partial charge is 0.321 e. The molecule has 5 saturated carbocycles. The number of esters is 1. The van der Waals surface area contributed by atoms with Gasteiger partial charge in [0.2, 0.25) is 5.91 Å². The number of carboxylic acid groups (broad SMARTS) is 1. The first-order valence-electron chi connectivity index (χ1n) is 22.3. The number of amides is 3. The molecule has 11 heteroatoms. The lowest BCUT2D eigenvalue weighted by atomic mass is 9.33. The van der Waals surface area contributed by atoms with E-state index in [4.69, 9.17) is 4.74 Å². The summed E-state index contributed by atoms with van der Waals surface area (Å²) in [5.74, 6) is -0.926. The number of hydrogen-bond acceptors (Lipinski definition) is 7. The summed E-state index contributed by atoms with van der Waals surface area (Å²) in [4.78, 5) is 71.5. The normalized spacial score (nSPS) is 38.2. The molecule has 0 radical (unpaired) electrons. The number of pyridine rings is 1.